The van der Waals surface area contributed by atoms with E-state index in [0.717, 1.165) is 15.6 Å². The first-order valence-electron chi connectivity index (χ1n) is 5.76. The molecule has 1 unspecified atom stereocenters. The fourth-order valence-corrected chi connectivity index (χ4v) is 2.40. The van der Waals surface area contributed by atoms with Crippen molar-refractivity contribution in [2.75, 3.05) is 7.11 Å². The lowest BCUT2D eigenvalue weighted by atomic mass is 10.0. The summed E-state index contributed by atoms with van der Waals surface area (Å²) in [5.74, 6) is 0.122. The first-order chi connectivity index (χ1) is 9.02. The summed E-state index contributed by atoms with van der Waals surface area (Å²) in [6.07, 6.45) is 0. The Bertz CT molecular complexity index is 601. The maximum atomic E-state index is 14.0. The number of hydrogen-bond acceptors (Lipinski definition) is 1. The summed E-state index contributed by atoms with van der Waals surface area (Å²) in [4.78, 5) is 0. The quantitative estimate of drug-likeness (QED) is 0.693. The lowest BCUT2D eigenvalue weighted by Gasteiger charge is -2.13. The molecule has 0 saturated carbocycles. The van der Waals surface area contributed by atoms with E-state index in [1.54, 1.807) is 12.1 Å². The number of methoxy groups -OCH3 is 1. The second-order valence-corrected chi connectivity index (χ2v) is 5.55. The molecule has 0 aromatic heterocycles. The van der Waals surface area contributed by atoms with Crippen LogP contribution < -0.4 is 4.74 Å². The highest BCUT2D eigenvalue weighted by atomic mass is 79.9. The Kier molecular flexibility index (Phi) is 4.48. The van der Waals surface area contributed by atoms with Gasteiger partial charge in [-0.1, -0.05) is 34.1 Å². The topological polar surface area (TPSA) is 9.23 Å². The molecule has 2 aromatic carbocycles. The molecule has 0 aliphatic heterocycles. The molecule has 19 heavy (non-hydrogen) atoms. The molecule has 1 atom stereocenters. The Hall–Kier alpha value is -1.06. The first-order valence-corrected chi connectivity index (χ1v) is 6.99. The normalized spacial score (nSPS) is 12.3. The van der Waals surface area contributed by atoms with E-state index >= 15 is 0 Å². The molecule has 0 spiro atoms. The Morgan fingerprint density at radius 1 is 1.21 bits per heavy atom. The third-order valence-electron chi connectivity index (χ3n) is 2.96. The summed E-state index contributed by atoms with van der Waals surface area (Å²) in [6, 6.07) is 10.5. The molecule has 0 amide bonds. The Morgan fingerprint density at radius 2 is 1.95 bits per heavy atom. The standard InChI is InChI=1S/C15H13BrClFO/c1-9-7-10(3-6-13(9)16)15(17)12-5-4-11(19-2)8-14(12)18/h3-8,15H,1-2H3. The Labute approximate surface area is 125 Å². The number of alkyl halides is 1. The summed E-state index contributed by atoms with van der Waals surface area (Å²) in [7, 11) is 1.50. The minimum atomic E-state index is -0.516. The van der Waals surface area contributed by atoms with E-state index in [0.29, 0.717) is 11.3 Å². The van der Waals surface area contributed by atoms with Crippen LogP contribution in [0.5, 0.6) is 5.75 Å². The van der Waals surface area contributed by atoms with Crippen molar-refractivity contribution in [1.29, 1.82) is 0 Å². The van der Waals surface area contributed by atoms with Crippen LogP contribution in [-0.2, 0) is 0 Å². The van der Waals surface area contributed by atoms with E-state index in [9.17, 15) is 4.39 Å². The zero-order valence-corrected chi connectivity index (χ0v) is 12.9. The van der Waals surface area contributed by atoms with Crippen LogP contribution in [0.4, 0.5) is 4.39 Å². The molecule has 2 aromatic rings. The fraction of sp³-hybridized carbons (Fsp3) is 0.200. The lowest BCUT2D eigenvalue weighted by Crippen LogP contribution is -1.98. The van der Waals surface area contributed by atoms with Gasteiger partial charge in [0.25, 0.3) is 0 Å². The summed E-state index contributed by atoms with van der Waals surface area (Å²) >= 11 is 9.79. The molecule has 0 aliphatic rings. The molecule has 0 aliphatic carbocycles. The van der Waals surface area contributed by atoms with Gasteiger partial charge in [-0.15, -0.1) is 11.6 Å². The van der Waals surface area contributed by atoms with Crippen molar-refractivity contribution in [3.05, 3.63) is 63.4 Å². The van der Waals surface area contributed by atoms with E-state index in [1.807, 2.05) is 25.1 Å². The lowest BCUT2D eigenvalue weighted by molar-refractivity contribution is 0.410. The molecule has 4 heteroatoms. The molecule has 100 valence electrons. The number of rotatable bonds is 3. The van der Waals surface area contributed by atoms with Crippen LogP contribution in [-0.4, -0.2) is 7.11 Å². The summed E-state index contributed by atoms with van der Waals surface area (Å²) in [6.45, 7) is 1.97. The molecule has 0 N–H and O–H groups in total. The molecule has 0 heterocycles. The van der Waals surface area contributed by atoms with Crippen molar-refractivity contribution < 1.29 is 9.13 Å². The van der Waals surface area contributed by atoms with Crippen LogP contribution in [0.25, 0.3) is 0 Å². The van der Waals surface area contributed by atoms with Crippen LogP contribution in [0.1, 0.15) is 22.1 Å². The zero-order valence-electron chi connectivity index (χ0n) is 10.6. The second-order valence-electron chi connectivity index (χ2n) is 4.26. The van der Waals surface area contributed by atoms with Crippen molar-refractivity contribution in [1.82, 2.24) is 0 Å². The minimum absolute atomic E-state index is 0.361. The van der Waals surface area contributed by atoms with Crippen molar-refractivity contribution in [3.8, 4) is 5.75 Å². The number of benzene rings is 2. The highest BCUT2D eigenvalue weighted by molar-refractivity contribution is 9.10. The van der Waals surface area contributed by atoms with E-state index in [1.165, 1.54) is 13.2 Å². The van der Waals surface area contributed by atoms with Crippen LogP contribution in [0.2, 0.25) is 0 Å². The van der Waals surface area contributed by atoms with Crippen molar-refractivity contribution in [3.63, 3.8) is 0 Å². The van der Waals surface area contributed by atoms with Crippen LogP contribution in [0, 0.1) is 12.7 Å². The van der Waals surface area contributed by atoms with E-state index in [2.05, 4.69) is 15.9 Å². The van der Waals surface area contributed by atoms with Gasteiger partial charge >= 0.3 is 0 Å². The monoisotopic (exact) mass is 342 g/mol. The van der Waals surface area contributed by atoms with E-state index < -0.39 is 5.38 Å². The summed E-state index contributed by atoms with van der Waals surface area (Å²) in [5.41, 5.74) is 2.38. The van der Waals surface area contributed by atoms with Crippen molar-refractivity contribution >= 4 is 27.5 Å². The largest absolute Gasteiger partial charge is 0.497 e. The predicted molar refractivity (Wildman–Crippen MR) is 79.5 cm³/mol. The highest BCUT2D eigenvalue weighted by Crippen LogP contribution is 2.33. The average Bonchev–Trinajstić information content (AvgIpc) is 2.41. The van der Waals surface area contributed by atoms with Gasteiger partial charge in [0.1, 0.15) is 11.6 Å². The average molecular weight is 344 g/mol. The number of aryl methyl sites for hydroxylation is 1. The van der Waals surface area contributed by atoms with E-state index in [4.69, 9.17) is 16.3 Å². The minimum Gasteiger partial charge on any atom is -0.497 e. The molecule has 0 fully saturated rings. The maximum Gasteiger partial charge on any atom is 0.131 e. The van der Waals surface area contributed by atoms with Gasteiger partial charge in [-0.2, -0.15) is 0 Å². The van der Waals surface area contributed by atoms with E-state index in [-0.39, 0.29) is 5.82 Å². The van der Waals surface area contributed by atoms with Gasteiger partial charge in [-0.3, -0.25) is 0 Å². The van der Waals surface area contributed by atoms with Gasteiger partial charge < -0.3 is 4.74 Å². The molecule has 1 nitrogen and oxygen atoms in total. The van der Waals surface area contributed by atoms with Gasteiger partial charge in [0.15, 0.2) is 0 Å². The SMILES string of the molecule is COc1ccc(C(Cl)c2ccc(Br)c(C)c2)c(F)c1. The number of hydrogen-bond donors (Lipinski definition) is 0. The van der Waals surface area contributed by atoms with Gasteiger partial charge in [-0.25, -0.2) is 4.39 Å². The maximum absolute atomic E-state index is 14.0. The van der Waals surface area contributed by atoms with Crippen LogP contribution in [0.3, 0.4) is 0 Å². The Balaban J connectivity index is 2.38. The molecular weight excluding hydrogens is 331 g/mol. The third-order valence-corrected chi connectivity index (χ3v) is 4.33. The molecule has 0 bridgehead atoms. The first kappa shape index (κ1) is 14.4. The smallest absolute Gasteiger partial charge is 0.131 e. The van der Waals surface area contributed by atoms with Gasteiger partial charge in [0.05, 0.1) is 12.5 Å². The van der Waals surface area contributed by atoms with Gasteiger partial charge in [-0.05, 0) is 30.2 Å². The second kappa shape index (κ2) is 5.93. The van der Waals surface area contributed by atoms with Crippen LogP contribution >= 0.6 is 27.5 Å². The van der Waals surface area contributed by atoms with Gasteiger partial charge in [0, 0.05) is 16.1 Å². The summed E-state index contributed by atoms with van der Waals surface area (Å²) in [5, 5.41) is -0.516. The summed E-state index contributed by atoms with van der Waals surface area (Å²) < 4.78 is 20.0. The third kappa shape index (κ3) is 3.10. The molecule has 0 radical (unpaired) electrons. The predicted octanol–water partition coefficient (Wildman–Crippen LogP) is 5.23. The number of halogens is 3. The van der Waals surface area contributed by atoms with Gasteiger partial charge in [0.2, 0.25) is 0 Å². The molecule has 0 saturated heterocycles. The molecule has 2 rings (SSSR count). The fourth-order valence-electron chi connectivity index (χ4n) is 1.85. The van der Waals surface area contributed by atoms with Crippen molar-refractivity contribution in [2.45, 2.75) is 12.3 Å². The number of ether oxygens (including phenoxy) is 1. The highest BCUT2D eigenvalue weighted by Gasteiger charge is 2.16. The molecular formula is C15H13BrClFO. The zero-order chi connectivity index (χ0) is 14.0. The Morgan fingerprint density at radius 3 is 2.53 bits per heavy atom. The van der Waals surface area contributed by atoms with Crippen molar-refractivity contribution in [2.24, 2.45) is 0 Å². The van der Waals surface area contributed by atoms with Crippen LogP contribution in [0.15, 0.2) is 40.9 Å².